The third-order valence-electron chi connectivity index (χ3n) is 2.70. The van der Waals surface area contributed by atoms with Gasteiger partial charge in [0, 0.05) is 12.1 Å². The Labute approximate surface area is 96.4 Å². The molecule has 1 saturated carbocycles. The summed E-state index contributed by atoms with van der Waals surface area (Å²) in [6, 6.07) is 1.93. The zero-order valence-electron chi connectivity index (χ0n) is 7.51. The summed E-state index contributed by atoms with van der Waals surface area (Å²) in [5.41, 5.74) is 0.925. The lowest BCUT2D eigenvalue weighted by molar-refractivity contribution is -0.138. The van der Waals surface area contributed by atoms with Gasteiger partial charge < -0.3 is 5.11 Å². The first-order valence-corrected chi connectivity index (χ1v) is 8.36. The number of nitrogens with zero attached hydrogens (tertiary/aromatic N) is 2. The van der Waals surface area contributed by atoms with Crippen molar-refractivity contribution in [1.82, 2.24) is 9.55 Å². The van der Waals surface area contributed by atoms with Gasteiger partial charge >= 0.3 is 5.97 Å². The Morgan fingerprint density at radius 3 is 2.93 bits per heavy atom. The summed E-state index contributed by atoms with van der Waals surface area (Å²) in [5, 5.41) is 13.2. The van der Waals surface area contributed by atoms with Gasteiger partial charge in [-0.25, -0.2) is 4.45 Å². The van der Waals surface area contributed by atoms with Gasteiger partial charge in [-0.1, -0.05) is 6.92 Å². The maximum Gasteiger partial charge on any atom is 0.307 e. The first-order valence-electron chi connectivity index (χ1n) is 4.30. The fourth-order valence-electron chi connectivity index (χ4n) is 1.86. The average molecular weight is 324 g/mol. The second-order valence-electron chi connectivity index (χ2n) is 3.52. The number of carboxylic acid groups (broad SMARTS) is 1. The minimum atomic E-state index is -0.700. The van der Waals surface area contributed by atoms with Crippen LogP contribution in [-0.4, -0.2) is 20.6 Å². The molecule has 0 aromatic carbocycles. The summed E-state index contributed by atoms with van der Waals surface area (Å²) in [6.45, 7) is 1.97. The lowest BCUT2D eigenvalue weighted by atomic mass is 10.2. The molecule has 2 unspecified atom stereocenters. The van der Waals surface area contributed by atoms with Crippen molar-refractivity contribution in [2.45, 2.75) is 12.8 Å². The topological polar surface area (TPSA) is 55.1 Å². The molecule has 0 saturated heterocycles. The predicted molar refractivity (Wildman–Crippen MR) is 63.0 cm³/mol. The number of aliphatic carboxylic acids is 1. The van der Waals surface area contributed by atoms with Gasteiger partial charge in [0.2, 0.25) is 0 Å². The van der Waals surface area contributed by atoms with Gasteiger partial charge in [0.05, 0.1) is 18.0 Å². The summed E-state index contributed by atoms with van der Waals surface area (Å²) in [5.74, 6) is -0.570. The van der Waals surface area contributed by atoms with Crippen LogP contribution in [0.2, 0.25) is 0 Å². The van der Waals surface area contributed by atoms with E-state index < -0.39 is 5.97 Å². The lowest BCUT2D eigenvalue weighted by Crippen LogP contribution is -2.00. The van der Waals surface area contributed by atoms with Crippen molar-refractivity contribution in [2.75, 3.05) is 0 Å². The largest absolute Gasteiger partial charge is 0.481 e. The molecule has 4 atom stereocenters. The van der Waals surface area contributed by atoms with Crippen molar-refractivity contribution in [3.8, 4) is 0 Å². The number of halogens is 1. The Morgan fingerprint density at radius 1 is 1.79 bits per heavy atom. The van der Waals surface area contributed by atoms with Crippen LogP contribution in [0.5, 0.6) is 0 Å². The van der Waals surface area contributed by atoms with Crippen molar-refractivity contribution >= 4 is 34.4 Å². The summed E-state index contributed by atoms with van der Waals surface area (Å²) in [6.07, 6.45) is 2.49. The molecule has 1 heterocycles. The van der Waals surface area contributed by atoms with Crippen LogP contribution in [0.1, 0.15) is 18.5 Å². The molecule has 0 bridgehead atoms. The van der Waals surface area contributed by atoms with E-state index in [1.54, 1.807) is 0 Å². The van der Waals surface area contributed by atoms with Crippen LogP contribution in [0.3, 0.4) is 0 Å². The number of carboxylic acids is 1. The second-order valence-corrected chi connectivity index (χ2v) is 5.59. The molecule has 0 aliphatic heterocycles. The second kappa shape index (κ2) is 3.77. The number of hydrogen-bond acceptors (Lipinski definition) is 2. The molecule has 4 nitrogen and oxygen atoms in total. The zero-order valence-corrected chi connectivity index (χ0v) is 10.7. The third kappa shape index (κ3) is 1.67. The molecule has 1 aliphatic carbocycles. The Balaban J connectivity index is 2.14. The fourth-order valence-corrected chi connectivity index (χ4v) is 2.95. The average Bonchev–Trinajstić information content (AvgIpc) is 2.63. The van der Waals surface area contributed by atoms with Crippen molar-refractivity contribution in [1.29, 1.82) is 0 Å². The van der Waals surface area contributed by atoms with E-state index in [1.807, 2.05) is 23.6 Å². The van der Waals surface area contributed by atoms with E-state index in [9.17, 15) is 4.79 Å². The van der Waals surface area contributed by atoms with E-state index in [0.29, 0.717) is 6.37 Å². The predicted octanol–water partition coefficient (Wildman–Crippen LogP) is 2.11. The Kier molecular flexibility index (Phi) is 2.79. The van der Waals surface area contributed by atoms with E-state index in [1.165, 1.54) is 0 Å². The zero-order chi connectivity index (χ0) is 10.3. The molecule has 0 spiro atoms. The Morgan fingerprint density at radius 2 is 2.50 bits per heavy atom. The van der Waals surface area contributed by atoms with Crippen LogP contribution in [0.4, 0.5) is 0 Å². The standard InChI is InChI=1S/C8H10IN2O2P/c1-4-6(7(4)8(12)13)5-2-3-11(10-5)14-9/h2-4,6-7,14H,1H3,(H,12,13)/t4?,6-,7+/m1/s1. The molecule has 14 heavy (non-hydrogen) atoms. The summed E-state index contributed by atoms with van der Waals surface area (Å²) < 4.78 is 1.85. The molecule has 76 valence electrons. The quantitative estimate of drug-likeness (QED) is 0.684. The first kappa shape index (κ1) is 10.4. The maximum absolute atomic E-state index is 10.8. The van der Waals surface area contributed by atoms with Crippen molar-refractivity contribution in [2.24, 2.45) is 11.8 Å². The minimum absolute atomic E-state index is 0.126. The van der Waals surface area contributed by atoms with E-state index in [-0.39, 0.29) is 17.8 Å². The molecule has 1 aromatic heterocycles. The first-order chi connectivity index (χ1) is 6.65. The van der Waals surface area contributed by atoms with E-state index >= 15 is 0 Å². The van der Waals surface area contributed by atoms with Crippen LogP contribution in [0, 0.1) is 11.8 Å². The van der Waals surface area contributed by atoms with E-state index in [0.717, 1.165) is 5.69 Å². The van der Waals surface area contributed by atoms with Crippen molar-refractivity contribution in [3.63, 3.8) is 0 Å². The van der Waals surface area contributed by atoms with Crippen LogP contribution >= 0.6 is 28.4 Å². The van der Waals surface area contributed by atoms with Gasteiger partial charge in [-0.15, -0.1) is 0 Å². The molecule has 6 heteroatoms. The highest BCUT2D eigenvalue weighted by Crippen LogP contribution is 2.53. The molecule has 2 rings (SSSR count). The van der Waals surface area contributed by atoms with Crippen LogP contribution in [-0.2, 0) is 4.79 Å². The van der Waals surface area contributed by atoms with Crippen molar-refractivity contribution in [3.05, 3.63) is 18.0 Å². The highest BCUT2D eigenvalue weighted by atomic mass is 127. The third-order valence-corrected chi connectivity index (χ3v) is 4.61. The van der Waals surface area contributed by atoms with Gasteiger partial charge in [0.25, 0.3) is 0 Å². The highest BCUT2D eigenvalue weighted by Gasteiger charge is 2.53. The van der Waals surface area contributed by atoms with E-state index in [4.69, 9.17) is 5.11 Å². The molecule has 0 amide bonds. The SMILES string of the molecule is CC1[C@H](C(=O)O)[C@H]1c1ccn(PI)n1. The number of rotatable bonds is 3. The molecular formula is C8H10IN2O2P. The normalized spacial score (nSPS) is 31.1. The van der Waals surface area contributed by atoms with Crippen molar-refractivity contribution < 1.29 is 9.90 Å². The number of hydrogen-bond donors (Lipinski definition) is 1. The van der Waals surface area contributed by atoms with Gasteiger partial charge in [-0.2, -0.15) is 5.10 Å². The summed E-state index contributed by atoms with van der Waals surface area (Å²) in [7, 11) is 0. The smallest absolute Gasteiger partial charge is 0.307 e. The monoisotopic (exact) mass is 324 g/mol. The molecule has 1 aromatic rings. The Bertz CT molecular complexity index is 368. The highest BCUT2D eigenvalue weighted by molar-refractivity contribution is 14.2. The number of carbonyl (C=O) groups is 1. The molecule has 1 fully saturated rings. The molecule has 0 radical (unpaired) electrons. The van der Waals surface area contributed by atoms with Gasteiger partial charge in [-0.05, 0) is 34.0 Å². The van der Waals surface area contributed by atoms with E-state index in [2.05, 4.69) is 27.1 Å². The summed E-state index contributed by atoms with van der Waals surface area (Å²) >= 11 is 2.25. The van der Waals surface area contributed by atoms with Gasteiger partial charge in [0.1, 0.15) is 0 Å². The summed E-state index contributed by atoms with van der Waals surface area (Å²) in [4.78, 5) is 10.8. The number of aromatic nitrogens is 2. The lowest BCUT2D eigenvalue weighted by Gasteiger charge is -1.92. The Hall–Kier alpha value is -0.160. The van der Waals surface area contributed by atoms with Gasteiger partial charge in [-0.3, -0.25) is 4.79 Å². The minimum Gasteiger partial charge on any atom is -0.481 e. The van der Waals surface area contributed by atoms with Crippen LogP contribution in [0.25, 0.3) is 0 Å². The van der Waals surface area contributed by atoms with Crippen LogP contribution < -0.4 is 0 Å². The molecule has 1 N–H and O–H groups in total. The fraction of sp³-hybridized carbons (Fsp3) is 0.500. The maximum atomic E-state index is 10.8. The molecular weight excluding hydrogens is 314 g/mol. The van der Waals surface area contributed by atoms with Crippen LogP contribution in [0.15, 0.2) is 12.3 Å². The van der Waals surface area contributed by atoms with Gasteiger partial charge in [0.15, 0.2) is 0 Å². The molecule has 1 aliphatic rings.